The molecule has 0 bridgehead atoms. The van der Waals surface area contributed by atoms with Crippen molar-refractivity contribution in [3.8, 4) is 0 Å². The van der Waals surface area contributed by atoms with E-state index in [1.807, 2.05) is 12.1 Å². The number of pyridine rings is 1. The average Bonchev–Trinajstić information content (AvgIpc) is 2.18. The topological polar surface area (TPSA) is 42.2 Å². The second-order valence-corrected chi connectivity index (χ2v) is 4.46. The van der Waals surface area contributed by atoms with E-state index < -0.39 is 0 Å². The lowest BCUT2D eigenvalue weighted by atomic mass is 10.1. The Morgan fingerprint density at radius 1 is 1.47 bits per heavy atom. The van der Waals surface area contributed by atoms with E-state index in [4.69, 9.17) is 5.73 Å². The standard InChI is InChI=1S/C12H21N3/c1-10(2)6-8-15(3)9-12-11(13)5-4-7-14-12/h4-5,7,10H,6,8-9,13H2,1-3H3. The highest BCUT2D eigenvalue weighted by atomic mass is 15.1. The number of anilines is 1. The Hall–Kier alpha value is -1.09. The van der Waals surface area contributed by atoms with Crippen LogP contribution in [-0.4, -0.2) is 23.5 Å². The highest BCUT2D eigenvalue weighted by Gasteiger charge is 2.05. The van der Waals surface area contributed by atoms with E-state index in [9.17, 15) is 0 Å². The number of aromatic nitrogens is 1. The molecule has 3 nitrogen and oxygen atoms in total. The minimum Gasteiger partial charge on any atom is -0.397 e. The molecule has 0 radical (unpaired) electrons. The van der Waals surface area contributed by atoms with Crippen molar-refractivity contribution in [3.63, 3.8) is 0 Å². The molecule has 0 aliphatic rings. The quantitative estimate of drug-likeness (QED) is 0.804. The second kappa shape index (κ2) is 5.71. The zero-order valence-corrected chi connectivity index (χ0v) is 9.90. The summed E-state index contributed by atoms with van der Waals surface area (Å²) in [4.78, 5) is 6.54. The summed E-state index contributed by atoms with van der Waals surface area (Å²) >= 11 is 0. The molecule has 0 unspecified atom stereocenters. The van der Waals surface area contributed by atoms with Crippen molar-refractivity contribution in [2.24, 2.45) is 5.92 Å². The summed E-state index contributed by atoms with van der Waals surface area (Å²) < 4.78 is 0. The molecule has 0 amide bonds. The Bertz CT molecular complexity index is 297. The number of nitrogens with two attached hydrogens (primary N) is 1. The van der Waals surface area contributed by atoms with Gasteiger partial charge in [-0.3, -0.25) is 4.98 Å². The Labute approximate surface area is 92.3 Å². The van der Waals surface area contributed by atoms with Crippen molar-refractivity contribution in [3.05, 3.63) is 24.0 Å². The number of hydrogen-bond acceptors (Lipinski definition) is 3. The predicted octanol–water partition coefficient (Wildman–Crippen LogP) is 2.14. The predicted molar refractivity (Wildman–Crippen MR) is 64.4 cm³/mol. The van der Waals surface area contributed by atoms with E-state index >= 15 is 0 Å². The lowest BCUT2D eigenvalue weighted by molar-refractivity contribution is 0.301. The van der Waals surface area contributed by atoms with Gasteiger partial charge in [-0.25, -0.2) is 0 Å². The molecule has 2 N–H and O–H groups in total. The van der Waals surface area contributed by atoms with Gasteiger partial charge in [0.2, 0.25) is 0 Å². The summed E-state index contributed by atoms with van der Waals surface area (Å²) in [5.41, 5.74) is 7.60. The Morgan fingerprint density at radius 2 is 2.20 bits per heavy atom. The van der Waals surface area contributed by atoms with Gasteiger partial charge in [-0.1, -0.05) is 13.8 Å². The van der Waals surface area contributed by atoms with Crippen LogP contribution in [0, 0.1) is 5.92 Å². The van der Waals surface area contributed by atoms with Crippen molar-refractivity contribution >= 4 is 5.69 Å². The number of hydrogen-bond donors (Lipinski definition) is 1. The average molecular weight is 207 g/mol. The van der Waals surface area contributed by atoms with Crippen LogP contribution in [0.1, 0.15) is 26.0 Å². The Morgan fingerprint density at radius 3 is 2.80 bits per heavy atom. The summed E-state index contributed by atoms with van der Waals surface area (Å²) in [6.07, 6.45) is 3.01. The molecule has 0 aliphatic carbocycles. The molecule has 0 saturated carbocycles. The summed E-state index contributed by atoms with van der Waals surface area (Å²) in [6, 6.07) is 3.77. The molecule has 0 saturated heterocycles. The first kappa shape index (κ1) is 12.0. The maximum atomic E-state index is 5.84. The fourth-order valence-electron chi connectivity index (χ4n) is 1.40. The molecule has 1 heterocycles. The van der Waals surface area contributed by atoms with Crippen molar-refractivity contribution in [1.82, 2.24) is 9.88 Å². The third-order valence-electron chi connectivity index (χ3n) is 2.43. The van der Waals surface area contributed by atoms with Crippen molar-refractivity contribution in [1.29, 1.82) is 0 Å². The van der Waals surface area contributed by atoms with Gasteiger partial charge in [-0.15, -0.1) is 0 Å². The van der Waals surface area contributed by atoms with E-state index in [0.717, 1.165) is 30.4 Å². The number of rotatable bonds is 5. The largest absolute Gasteiger partial charge is 0.397 e. The maximum absolute atomic E-state index is 5.84. The van der Waals surface area contributed by atoms with E-state index in [2.05, 4.69) is 30.8 Å². The zero-order valence-electron chi connectivity index (χ0n) is 9.90. The monoisotopic (exact) mass is 207 g/mol. The van der Waals surface area contributed by atoms with Gasteiger partial charge in [-0.05, 0) is 38.1 Å². The van der Waals surface area contributed by atoms with Gasteiger partial charge in [0.25, 0.3) is 0 Å². The van der Waals surface area contributed by atoms with E-state index in [-0.39, 0.29) is 0 Å². The second-order valence-electron chi connectivity index (χ2n) is 4.46. The molecule has 3 heteroatoms. The molecule has 0 spiro atoms. The van der Waals surface area contributed by atoms with Gasteiger partial charge in [0.1, 0.15) is 0 Å². The summed E-state index contributed by atoms with van der Waals surface area (Å²) in [5, 5.41) is 0. The van der Waals surface area contributed by atoms with Crippen LogP contribution in [0.15, 0.2) is 18.3 Å². The summed E-state index contributed by atoms with van der Waals surface area (Å²) in [7, 11) is 2.11. The Kier molecular flexibility index (Phi) is 4.56. The molecular formula is C12H21N3. The van der Waals surface area contributed by atoms with Crippen LogP contribution in [0.2, 0.25) is 0 Å². The van der Waals surface area contributed by atoms with Gasteiger partial charge in [-0.2, -0.15) is 0 Å². The van der Waals surface area contributed by atoms with Crippen LogP contribution in [0.4, 0.5) is 5.69 Å². The molecule has 0 fully saturated rings. The molecule has 84 valence electrons. The Balaban J connectivity index is 2.44. The molecule has 0 atom stereocenters. The molecular weight excluding hydrogens is 186 g/mol. The van der Waals surface area contributed by atoms with Crippen LogP contribution in [0.5, 0.6) is 0 Å². The molecule has 1 aromatic heterocycles. The zero-order chi connectivity index (χ0) is 11.3. The van der Waals surface area contributed by atoms with E-state index in [1.54, 1.807) is 6.20 Å². The lowest BCUT2D eigenvalue weighted by Crippen LogP contribution is -2.21. The van der Waals surface area contributed by atoms with Gasteiger partial charge >= 0.3 is 0 Å². The first-order chi connectivity index (χ1) is 7.09. The highest BCUT2D eigenvalue weighted by Crippen LogP contribution is 2.10. The minimum absolute atomic E-state index is 0.744. The summed E-state index contributed by atoms with van der Waals surface area (Å²) in [6.45, 7) is 6.40. The number of nitrogen functional groups attached to an aromatic ring is 1. The highest BCUT2D eigenvalue weighted by molar-refractivity contribution is 5.41. The summed E-state index contributed by atoms with van der Waals surface area (Å²) in [5.74, 6) is 0.744. The van der Waals surface area contributed by atoms with Crippen molar-refractivity contribution in [2.75, 3.05) is 19.3 Å². The molecule has 1 rings (SSSR count). The first-order valence-corrected chi connectivity index (χ1v) is 5.47. The molecule has 0 aromatic carbocycles. The smallest absolute Gasteiger partial charge is 0.0772 e. The van der Waals surface area contributed by atoms with Crippen molar-refractivity contribution < 1.29 is 0 Å². The third-order valence-corrected chi connectivity index (χ3v) is 2.43. The molecule has 15 heavy (non-hydrogen) atoms. The van der Waals surface area contributed by atoms with Gasteiger partial charge in [0.15, 0.2) is 0 Å². The fourth-order valence-corrected chi connectivity index (χ4v) is 1.40. The van der Waals surface area contributed by atoms with Crippen LogP contribution < -0.4 is 5.73 Å². The SMILES string of the molecule is CC(C)CCN(C)Cc1ncccc1N. The lowest BCUT2D eigenvalue weighted by Gasteiger charge is -2.17. The van der Waals surface area contributed by atoms with E-state index in [0.29, 0.717) is 0 Å². The van der Waals surface area contributed by atoms with Crippen LogP contribution in [0.25, 0.3) is 0 Å². The van der Waals surface area contributed by atoms with E-state index in [1.165, 1.54) is 6.42 Å². The maximum Gasteiger partial charge on any atom is 0.0772 e. The number of nitrogens with zero attached hydrogens (tertiary/aromatic N) is 2. The first-order valence-electron chi connectivity index (χ1n) is 5.47. The van der Waals surface area contributed by atoms with Gasteiger partial charge < -0.3 is 10.6 Å². The van der Waals surface area contributed by atoms with Crippen molar-refractivity contribution in [2.45, 2.75) is 26.8 Å². The van der Waals surface area contributed by atoms with Crippen LogP contribution in [-0.2, 0) is 6.54 Å². The fraction of sp³-hybridized carbons (Fsp3) is 0.583. The third kappa shape index (κ3) is 4.30. The normalized spacial score (nSPS) is 11.3. The molecule has 1 aromatic rings. The van der Waals surface area contributed by atoms with Gasteiger partial charge in [0, 0.05) is 12.7 Å². The minimum atomic E-state index is 0.744. The van der Waals surface area contributed by atoms with Crippen LogP contribution >= 0.6 is 0 Å². The molecule has 0 aliphatic heterocycles. The van der Waals surface area contributed by atoms with Gasteiger partial charge in [0.05, 0.1) is 11.4 Å². The van der Waals surface area contributed by atoms with Crippen LogP contribution in [0.3, 0.4) is 0 Å².